The van der Waals surface area contributed by atoms with Gasteiger partial charge in [0.25, 0.3) is 10.0 Å². The molecule has 1 aromatic carbocycles. The third-order valence-corrected chi connectivity index (χ3v) is 5.50. The Morgan fingerprint density at radius 1 is 1.05 bits per heavy atom. The van der Waals surface area contributed by atoms with E-state index in [9.17, 15) is 8.42 Å². The lowest BCUT2D eigenvalue weighted by Gasteiger charge is -2.15. The second-order valence-corrected chi connectivity index (χ2v) is 7.05. The molecule has 1 aromatic heterocycles. The smallest absolute Gasteiger partial charge is 0.235 e. The predicted octanol–water partition coefficient (Wildman–Crippen LogP) is 2.40. The van der Waals surface area contributed by atoms with Crippen molar-refractivity contribution in [3.63, 3.8) is 0 Å². The Kier molecular flexibility index (Phi) is 3.92. The molecule has 2 heterocycles. The van der Waals surface area contributed by atoms with Crippen molar-refractivity contribution in [3.05, 3.63) is 48.0 Å². The normalized spacial score (nSPS) is 15.6. The van der Waals surface area contributed by atoms with Crippen LogP contribution in [-0.2, 0) is 10.0 Å². The lowest BCUT2D eigenvalue weighted by molar-refractivity contribution is 0.474. The monoisotopic (exact) mass is 313 g/mol. The summed E-state index contributed by atoms with van der Waals surface area (Å²) in [5.41, 5.74) is 1.94. The number of sulfonamides is 1. The summed E-state index contributed by atoms with van der Waals surface area (Å²) in [5, 5.41) is 8.90. The lowest BCUT2D eigenvalue weighted by Crippen LogP contribution is -2.28. The molecule has 0 amide bonds. The van der Waals surface area contributed by atoms with Crippen molar-refractivity contribution < 1.29 is 8.42 Å². The predicted molar refractivity (Wildman–Crippen MR) is 82.4 cm³/mol. The largest absolute Gasteiger partial charge is 0.260 e. The van der Waals surface area contributed by atoms with Crippen LogP contribution in [0.25, 0.3) is 11.3 Å². The molecule has 6 heteroatoms. The fraction of sp³-hybridized carbons (Fsp3) is 0.250. The summed E-state index contributed by atoms with van der Waals surface area (Å²) >= 11 is 0. The van der Waals surface area contributed by atoms with E-state index in [1.165, 1.54) is 10.4 Å². The van der Waals surface area contributed by atoms with Gasteiger partial charge in [-0.15, -0.1) is 0 Å². The van der Waals surface area contributed by atoms with Gasteiger partial charge in [0.05, 0.1) is 17.3 Å². The van der Waals surface area contributed by atoms with Gasteiger partial charge < -0.3 is 0 Å². The van der Waals surface area contributed by atoms with Gasteiger partial charge in [-0.25, -0.2) is 13.4 Å². The third-order valence-electron chi connectivity index (χ3n) is 3.70. The molecule has 0 bridgehead atoms. The van der Waals surface area contributed by atoms with E-state index in [-0.39, 0.29) is 5.03 Å². The maximum atomic E-state index is 12.5. The van der Waals surface area contributed by atoms with Crippen LogP contribution in [-0.4, -0.2) is 30.8 Å². The second kappa shape index (κ2) is 5.87. The van der Waals surface area contributed by atoms with Crippen LogP contribution >= 0.6 is 0 Å². The van der Waals surface area contributed by atoms with Crippen molar-refractivity contribution >= 4 is 10.0 Å². The second-order valence-electron chi connectivity index (χ2n) is 5.16. The van der Waals surface area contributed by atoms with E-state index in [2.05, 4.69) is 11.1 Å². The van der Waals surface area contributed by atoms with Crippen LogP contribution in [0.3, 0.4) is 0 Å². The van der Waals surface area contributed by atoms with Crippen molar-refractivity contribution in [2.75, 3.05) is 13.1 Å². The average molecular weight is 313 g/mol. The molecule has 1 saturated heterocycles. The maximum Gasteiger partial charge on any atom is 0.260 e. The first kappa shape index (κ1) is 14.7. The highest BCUT2D eigenvalue weighted by molar-refractivity contribution is 7.89. The average Bonchev–Trinajstić information content (AvgIpc) is 3.10. The molecule has 2 aromatic rings. The first-order chi connectivity index (χ1) is 10.6. The SMILES string of the molecule is N#Cc1ccc(-c2cccc(S(=O)(=O)N3CCCC3)n2)cc1. The minimum atomic E-state index is -3.51. The van der Waals surface area contributed by atoms with E-state index in [0.29, 0.717) is 24.3 Å². The quantitative estimate of drug-likeness (QED) is 0.872. The van der Waals surface area contributed by atoms with Crippen molar-refractivity contribution in [2.24, 2.45) is 0 Å². The van der Waals surface area contributed by atoms with Crippen LogP contribution in [0.1, 0.15) is 18.4 Å². The Hall–Kier alpha value is -2.23. The van der Waals surface area contributed by atoms with Gasteiger partial charge in [-0.2, -0.15) is 9.57 Å². The van der Waals surface area contributed by atoms with Gasteiger partial charge in [0, 0.05) is 18.7 Å². The lowest BCUT2D eigenvalue weighted by atomic mass is 10.1. The van der Waals surface area contributed by atoms with E-state index in [1.54, 1.807) is 36.4 Å². The molecule has 0 N–H and O–H groups in total. The molecule has 0 radical (unpaired) electrons. The van der Waals surface area contributed by atoms with Crippen molar-refractivity contribution in [2.45, 2.75) is 17.9 Å². The number of nitrogens with zero attached hydrogens (tertiary/aromatic N) is 3. The highest BCUT2D eigenvalue weighted by Crippen LogP contribution is 2.23. The van der Waals surface area contributed by atoms with Gasteiger partial charge in [0.15, 0.2) is 5.03 Å². The Morgan fingerprint density at radius 2 is 1.73 bits per heavy atom. The number of rotatable bonds is 3. The fourth-order valence-electron chi connectivity index (χ4n) is 2.50. The van der Waals surface area contributed by atoms with Gasteiger partial charge in [0.2, 0.25) is 0 Å². The molecular formula is C16H15N3O2S. The Balaban J connectivity index is 1.97. The highest BCUT2D eigenvalue weighted by atomic mass is 32.2. The van der Waals surface area contributed by atoms with E-state index < -0.39 is 10.0 Å². The van der Waals surface area contributed by atoms with Crippen LogP contribution in [0.15, 0.2) is 47.5 Å². The Morgan fingerprint density at radius 3 is 2.36 bits per heavy atom. The molecule has 5 nitrogen and oxygen atoms in total. The van der Waals surface area contributed by atoms with Crippen molar-refractivity contribution in [1.29, 1.82) is 5.26 Å². The molecule has 1 aliphatic heterocycles. The van der Waals surface area contributed by atoms with E-state index >= 15 is 0 Å². The number of hydrogen-bond donors (Lipinski definition) is 0. The number of pyridine rings is 1. The van der Waals surface area contributed by atoms with Gasteiger partial charge >= 0.3 is 0 Å². The molecule has 0 atom stereocenters. The van der Waals surface area contributed by atoms with Crippen molar-refractivity contribution in [1.82, 2.24) is 9.29 Å². The molecule has 1 fully saturated rings. The molecular weight excluding hydrogens is 298 g/mol. The fourth-order valence-corrected chi connectivity index (χ4v) is 3.96. The first-order valence-electron chi connectivity index (χ1n) is 7.09. The van der Waals surface area contributed by atoms with E-state index in [0.717, 1.165) is 18.4 Å². The zero-order chi connectivity index (χ0) is 15.6. The number of benzene rings is 1. The first-order valence-corrected chi connectivity index (χ1v) is 8.53. The third kappa shape index (κ3) is 2.73. The molecule has 3 rings (SSSR count). The van der Waals surface area contributed by atoms with Crippen LogP contribution in [0.5, 0.6) is 0 Å². The highest BCUT2D eigenvalue weighted by Gasteiger charge is 2.28. The summed E-state index contributed by atoms with van der Waals surface area (Å²) in [5.74, 6) is 0. The summed E-state index contributed by atoms with van der Waals surface area (Å²) < 4.78 is 26.6. The zero-order valence-electron chi connectivity index (χ0n) is 11.9. The van der Waals surface area contributed by atoms with Crippen molar-refractivity contribution in [3.8, 4) is 17.3 Å². The number of aromatic nitrogens is 1. The molecule has 1 aliphatic rings. The summed E-state index contributed by atoms with van der Waals surface area (Å²) in [6, 6.07) is 14.0. The molecule has 112 valence electrons. The molecule has 0 unspecified atom stereocenters. The van der Waals surface area contributed by atoms with E-state index in [4.69, 9.17) is 5.26 Å². The van der Waals surface area contributed by atoms with Gasteiger partial charge in [0.1, 0.15) is 0 Å². The van der Waals surface area contributed by atoms with Crippen LogP contribution in [0, 0.1) is 11.3 Å². The van der Waals surface area contributed by atoms with Gasteiger partial charge in [-0.05, 0) is 37.1 Å². The van der Waals surface area contributed by atoms with E-state index in [1.807, 2.05) is 0 Å². The molecule has 0 saturated carbocycles. The minimum Gasteiger partial charge on any atom is -0.235 e. The van der Waals surface area contributed by atoms with Crippen LogP contribution in [0.4, 0.5) is 0 Å². The summed E-state index contributed by atoms with van der Waals surface area (Å²) in [6.45, 7) is 1.12. The zero-order valence-corrected chi connectivity index (χ0v) is 12.8. The van der Waals surface area contributed by atoms with Gasteiger partial charge in [-0.3, -0.25) is 0 Å². The topological polar surface area (TPSA) is 74.1 Å². The number of nitriles is 1. The van der Waals surface area contributed by atoms with Crippen LogP contribution in [0.2, 0.25) is 0 Å². The summed E-state index contributed by atoms with van der Waals surface area (Å²) in [6.07, 6.45) is 1.79. The molecule has 0 aliphatic carbocycles. The van der Waals surface area contributed by atoms with Gasteiger partial charge in [-0.1, -0.05) is 18.2 Å². The minimum absolute atomic E-state index is 0.0799. The number of hydrogen-bond acceptors (Lipinski definition) is 4. The standard InChI is InChI=1S/C16H15N3O2S/c17-12-13-6-8-14(9-7-13)15-4-3-5-16(18-15)22(20,21)19-10-1-2-11-19/h3-9H,1-2,10-11H2. The van der Waals surface area contributed by atoms with Crippen LogP contribution < -0.4 is 0 Å². The Labute approximate surface area is 129 Å². The summed E-state index contributed by atoms with van der Waals surface area (Å²) in [7, 11) is -3.51. The molecule has 0 spiro atoms. The maximum absolute atomic E-state index is 12.5. The Bertz CT molecular complexity index is 817. The summed E-state index contributed by atoms with van der Waals surface area (Å²) in [4.78, 5) is 4.30. The molecule has 22 heavy (non-hydrogen) atoms.